The molecule has 0 aliphatic rings. The van der Waals surface area contributed by atoms with Gasteiger partial charge in [0.05, 0.1) is 0 Å². The van der Waals surface area contributed by atoms with E-state index >= 15 is 0 Å². The summed E-state index contributed by atoms with van der Waals surface area (Å²) in [5.74, 6) is -0.994. The smallest absolute Gasteiger partial charge is 0.242 e. The molecule has 0 unspecified atom stereocenters. The summed E-state index contributed by atoms with van der Waals surface area (Å²) < 4.78 is 18.3. The van der Waals surface area contributed by atoms with Crippen LogP contribution in [0.1, 0.15) is 25.0 Å². The molecule has 0 fully saturated rings. The molecule has 0 saturated carbocycles. The van der Waals surface area contributed by atoms with Crippen molar-refractivity contribution in [2.24, 2.45) is 0 Å². The molecule has 0 amide bonds. The summed E-state index contributed by atoms with van der Waals surface area (Å²) in [6.07, 6.45) is 0. The van der Waals surface area contributed by atoms with E-state index in [0.717, 1.165) is 11.1 Å². The zero-order valence-corrected chi connectivity index (χ0v) is 8.52. The standard InChI is InChI=1S/C11H15FO/c1-8-5-6-9(2)10(7-8)13-11(3,4)12/h5-7H,1-4H3. The minimum absolute atomic E-state index is 0.618. The van der Waals surface area contributed by atoms with Crippen LogP contribution in [0, 0.1) is 13.8 Å². The monoisotopic (exact) mass is 182 g/mol. The van der Waals surface area contributed by atoms with E-state index in [1.54, 1.807) is 0 Å². The number of halogens is 1. The Labute approximate surface area is 78.5 Å². The van der Waals surface area contributed by atoms with E-state index in [4.69, 9.17) is 4.74 Å². The van der Waals surface area contributed by atoms with Crippen LogP contribution in [0.25, 0.3) is 0 Å². The summed E-state index contributed by atoms with van der Waals surface area (Å²) in [6, 6.07) is 5.75. The lowest BCUT2D eigenvalue weighted by atomic mass is 10.1. The highest BCUT2D eigenvalue weighted by Crippen LogP contribution is 2.24. The highest BCUT2D eigenvalue weighted by atomic mass is 19.2. The fraction of sp³-hybridized carbons (Fsp3) is 0.455. The van der Waals surface area contributed by atoms with Crippen LogP contribution in [-0.4, -0.2) is 5.85 Å². The van der Waals surface area contributed by atoms with Crippen molar-refractivity contribution in [1.82, 2.24) is 0 Å². The second kappa shape index (κ2) is 3.36. The van der Waals surface area contributed by atoms with Crippen molar-refractivity contribution in [2.45, 2.75) is 33.5 Å². The third-order valence-corrected chi connectivity index (χ3v) is 1.70. The Hall–Kier alpha value is -1.05. The molecule has 0 saturated heterocycles. The Morgan fingerprint density at radius 1 is 1.23 bits per heavy atom. The van der Waals surface area contributed by atoms with Crippen LogP contribution in [0.4, 0.5) is 4.39 Å². The van der Waals surface area contributed by atoms with E-state index in [9.17, 15) is 4.39 Å². The predicted octanol–water partition coefficient (Wildman–Crippen LogP) is 3.39. The number of rotatable bonds is 2. The van der Waals surface area contributed by atoms with E-state index < -0.39 is 5.85 Å². The number of hydrogen-bond acceptors (Lipinski definition) is 1. The Morgan fingerprint density at radius 2 is 1.85 bits per heavy atom. The van der Waals surface area contributed by atoms with Gasteiger partial charge in [0.15, 0.2) is 0 Å². The zero-order chi connectivity index (χ0) is 10.1. The summed E-state index contributed by atoms with van der Waals surface area (Å²) >= 11 is 0. The van der Waals surface area contributed by atoms with Gasteiger partial charge in [-0.3, -0.25) is 0 Å². The first-order chi connectivity index (χ1) is 5.88. The van der Waals surface area contributed by atoms with Crippen molar-refractivity contribution in [3.63, 3.8) is 0 Å². The van der Waals surface area contributed by atoms with Crippen LogP contribution >= 0.6 is 0 Å². The molecule has 0 heterocycles. The minimum Gasteiger partial charge on any atom is -0.458 e. The number of benzene rings is 1. The average molecular weight is 182 g/mol. The van der Waals surface area contributed by atoms with Crippen molar-refractivity contribution in [3.8, 4) is 5.75 Å². The van der Waals surface area contributed by atoms with Crippen LogP contribution in [0.15, 0.2) is 18.2 Å². The van der Waals surface area contributed by atoms with Crippen LogP contribution < -0.4 is 4.74 Å². The Bertz CT molecular complexity index is 299. The first-order valence-corrected chi connectivity index (χ1v) is 4.34. The first kappa shape index (κ1) is 10.0. The second-order valence-corrected chi connectivity index (χ2v) is 3.73. The number of ether oxygens (including phenoxy) is 1. The maximum atomic E-state index is 13.2. The van der Waals surface area contributed by atoms with Crippen molar-refractivity contribution in [3.05, 3.63) is 29.3 Å². The topological polar surface area (TPSA) is 9.23 Å². The lowest BCUT2D eigenvalue weighted by Crippen LogP contribution is -2.21. The van der Waals surface area contributed by atoms with E-state index in [0.29, 0.717) is 5.75 Å². The van der Waals surface area contributed by atoms with Gasteiger partial charge in [-0.2, -0.15) is 4.39 Å². The minimum atomic E-state index is -1.61. The fourth-order valence-corrected chi connectivity index (χ4v) is 1.08. The molecule has 1 aromatic carbocycles. The van der Waals surface area contributed by atoms with Gasteiger partial charge in [0.1, 0.15) is 5.75 Å². The van der Waals surface area contributed by atoms with Crippen LogP contribution in [0.3, 0.4) is 0 Å². The number of hydrogen-bond donors (Lipinski definition) is 0. The van der Waals surface area contributed by atoms with Crippen molar-refractivity contribution >= 4 is 0 Å². The molecule has 1 rings (SSSR count). The molecular weight excluding hydrogens is 167 g/mol. The van der Waals surface area contributed by atoms with Gasteiger partial charge >= 0.3 is 0 Å². The van der Waals surface area contributed by atoms with Gasteiger partial charge in [-0.25, -0.2) is 0 Å². The molecule has 13 heavy (non-hydrogen) atoms. The highest BCUT2D eigenvalue weighted by molar-refractivity contribution is 5.36. The van der Waals surface area contributed by atoms with Gasteiger partial charge in [-0.15, -0.1) is 0 Å². The SMILES string of the molecule is Cc1ccc(C)c(OC(C)(C)F)c1. The molecule has 2 heteroatoms. The van der Waals surface area contributed by atoms with Crippen molar-refractivity contribution in [1.29, 1.82) is 0 Å². The lowest BCUT2D eigenvalue weighted by molar-refractivity contribution is -0.0262. The lowest BCUT2D eigenvalue weighted by Gasteiger charge is -2.18. The van der Waals surface area contributed by atoms with Gasteiger partial charge in [-0.1, -0.05) is 12.1 Å². The molecule has 0 N–H and O–H groups in total. The molecular formula is C11H15FO. The van der Waals surface area contributed by atoms with Gasteiger partial charge in [-0.05, 0) is 31.0 Å². The molecule has 0 atom stereocenters. The number of aryl methyl sites for hydroxylation is 2. The maximum absolute atomic E-state index is 13.2. The molecule has 0 aliphatic carbocycles. The predicted molar refractivity (Wildman–Crippen MR) is 51.7 cm³/mol. The Morgan fingerprint density at radius 3 is 2.38 bits per heavy atom. The Balaban J connectivity index is 2.94. The molecule has 1 nitrogen and oxygen atoms in total. The average Bonchev–Trinajstić information content (AvgIpc) is 1.94. The summed E-state index contributed by atoms with van der Waals surface area (Å²) in [4.78, 5) is 0. The van der Waals surface area contributed by atoms with Gasteiger partial charge in [0.25, 0.3) is 0 Å². The van der Waals surface area contributed by atoms with Crippen LogP contribution in [-0.2, 0) is 0 Å². The third kappa shape index (κ3) is 3.05. The molecule has 72 valence electrons. The summed E-state index contributed by atoms with van der Waals surface area (Å²) in [7, 11) is 0. The van der Waals surface area contributed by atoms with E-state index in [1.807, 2.05) is 32.0 Å². The molecule has 0 radical (unpaired) electrons. The van der Waals surface area contributed by atoms with Crippen LogP contribution in [0.5, 0.6) is 5.75 Å². The van der Waals surface area contributed by atoms with E-state index in [2.05, 4.69) is 0 Å². The van der Waals surface area contributed by atoms with E-state index in [1.165, 1.54) is 13.8 Å². The number of alkyl halides is 1. The molecule has 1 aromatic rings. The van der Waals surface area contributed by atoms with Crippen molar-refractivity contribution < 1.29 is 9.13 Å². The normalized spacial score (nSPS) is 11.5. The zero-order valence-electron chi connectivity index (χ0n) is 8.52. The first-order valence-electron chi connectivity index (χ1n) is 4.34. The summed E-state index contributed by atoms with van der Waals surface area (Å²) in [5.41, 5.74) is 2.03. The molecule has 0 bridgehead atoms. The molecule has 0 aliphatic heterocycles. The summed E-state index contributed by atoms with van der Waals surface area (Å²) in [6.45, 7) is 6.65. The fourth-order valence-electron chi connectivity index (χ4n) is 1.08. The largest absolute Gasteiger partial charge is 0.458 e. The maximum Gasteiger partial charge on any atom is 0.242 e. The highest BCUT2D eigenvalue weighted by Gasteiger charge is 2.17. The van der Waals surface area contributed by atoms with E-state index in [-0.39, 0.29) is 0 Å². The summed E-state index contributed by atoms with van der Waals surface area (Å²) in [5, 5.41) is 0. The molecule has 0 aromatic heterocycles. The van der Waals surface area contributed by atoms with Crippen molar-refractivity contribution in [2.75, 3.05) is 0 Å². The van der Waals surface area contributed by atoms with Gasteiger partial charge in [0.2, 0.25) is 5.85 Å². The molecule has 0 spiro atoms. The van der Waals surface area contributed by atoms with Gasteiger partial charge < -0.3 is 4.74 Å². The second-order valence-electron chi connectivity index (χ2n) is 3.73. The Kier molecular flexibility index (Phi) is 2.60. The van der Waals surface area contributed by atoms with Gasteiger partial charge in [0, 0.05) is 13.8 Å². The third-order valence-electron chi connectivity index (χ3n) is 1.70. The quantitative estimate of drug-likeness (QED) is 0.681. The van der Waals surface area contributed by atoms with Crippen LogP contribution in [0.2, 0.25) is 0 Å².